The van der Waals surface area contributed by atoms with E-state index < -0.39 is 11.9 Å². The molecule has 0 spiro atoms. The summed E-state index contributed by atoms with van der Waals surface area (Å²) in [5.74, 6) is -0.823. The summed E-state index contributed by atoms with van der Waals surface area (Å²) in [6.07, 6.45) is 3.79. The zero-order valence-corrected chi connectivity index (χ0v) is 16.9. The number of methoxy groups -OCH3 is 2. The van der Waals surface area contributed by atoms with E-state index in [1.54, 1.807) is 18.2 Å². The second-order valence-corrected chi connectivity index (χ2v) is 6.49. The average molecular weight is 398 g/mol. The summed E-state index contributed by atoms with van der Waals surface area (Å²) in [5, 5.41) is 0. The van der Waals surface area contributed by atoms with Crippen LogP contribution in [0.1, 0.15) is 27.0 Å². The van der Waals surface area contributed by atoms with Crippen molar-refractivity contribution in [1.82, 2.24) is 0 Å². The van der Waals surface area contributed by atoms with Gasteiger partial charge in [0, 0.05) is 0 Å². The van der Waals surface area contributed by atoms with E-state index in [1.165, 1.54) is 14.2 Å². The molecule has 0 heterocycles. The fourth-order valence-corrected chi connectivity index (χ4v) is 3.00. The van der Waals surface area contributed by atoms with Gasteiger partial charge in [0.1, 0.15) is 0 Å². The van der Waals surface area contributed by atoms with Crippen LogP contribution in [0.2, 0.25) is 0 Å². The topological polar surface area (TPSA) is 52.6 Å². The Hall–Kier alpha value is -3.92. The largest absolute Gasteiger partial charge is 0.465 e. The maximum absolute atomic E-state index is 12.5. The molecule has 0 aliphatic heterocycles. The molecule has 150 valence electrons. The van der Waals surface area contributed by atoms with Crippen molar-refractivity contribution in [3.05, 3.63) is 113 Å². The van der Waals surface area contributed by atoms with Gasteiger partial charge in [-0.1, -0.05) is 72.8 Å². The van der Waals surface area contributed by atoms with Crippen molar-refractivity contribution in [1.29, 1.82) is 0 Å². The van der Waals surface area contributed by atoms with Gasteiger partial charge in [0.15, 0.2) is 0 Å². The number of hydrogen-bond acceptors (Lipinski definition) is 4. The maximum atomic E-state index is 12.5. The van der Waals surface area contributed by atoms with E-state index in [4.69, 9.17) is 9.47 Å². The number of rotatable bonds is 6. The summed E-state index contributed by atoms with van der Waals surface area (Å²) in [6.45, 7) is 0. The van der Waals surface area contributed by atoms with Crippen molar-refractivity contribution in [3.8, 4) is 0 Å². The molecule has 0 atom stereocenters. The first-order valence-corrected chi connectivity index (χ1v) is 9.43. The van der Waals surface area contributed by atoms with Crippen LogP contribution in [-0.2, 0) is 14.3 Å². The van der Waals surface area contributed by atoms with Gasteiger partial charge in [-0.2, -0.15) is 0 Å². The Morgan fingerprint density at radius 1 is 0.667 bits per heavy atom. The van der Waals surface area contributed by atoms with E-state index in [2.05, 4.69) is 0 Å². The molecule has 3 aromatic rings. The van der Waals surface area contributed by atoms with E-state index in [1.807, 2.05) is 78.9 Å². The van der Waals surface area contributed by atoms with Crippen molar-refractivity contribution in [2.24, 2.45) is 0 Å². The van der Waals surface area contributed by atoms with Gasteiger partial charge in [-0.25, -0.2) is 9.59 Å². The molecule has 0 amide bonds. The Morgan fingerprint density at radius 3 is 1.80 bits per heavy atom. The van der Waals surface area contributed by atoms with Crippen molar-refractivity contribution in [2.45, 2.75) is 0 Å². The second-order valence-electron chi connectivity index (χ2n) is 6.49. The minimum absolute atomic E-state index is 0.398. The van der Waals surface area contributed by atoms with Crippen LogP contribution in [0.4, 0.5) is 0 Å². The molecule has 4 heteroatoms. The maximum Gasteiger partial charge on any atom is 0.338 e. The van der Waals surface area contributed by atoms with Crippen molar-refractivity contribution < 1.29 is 19.1 Å². The fraction of sp³-hybridized carbons (Fsp3) is 0.0769. The summed E-state index contributed by atoms with van der Waals surface area (Å²) in [4.78, 5) is 24.3. The highest BCUT2D eigenvalue weighted by molar-refractivity contribution is 6.19. The van der Waals surface area contributed by atoms with Crippen molar-refractivity contribution in [2.75, 3.05) is 14.2 Å². The molecule has 0 radical (unpaired) electrons. The Morgan fingerprint density at radius 2 is 1.23 bits per heavy atom. The van der Waals surface area contributed by atoms with E-state index in [0.29, 0.717) is 11.1 Å². The first-order chi connectivity index (χ1) is 14.6. The lowest BCUT2D eigenvalue weighted by molar-refractivity contribution is -0.133. The van der Waals surface area contributed by atoms with Crippen LogP contribution in [0.3, 0.4) is 0 Å². The number of carbonyl (C=O) groups is 2. The van der Waals surface area contributed by atoms with Crippen LogP contribution in [0.15, 0.2) is 91.0 Å². The van der Waals surface area contributed by atoms with Crippen LogP contribution >= 0.6 is 0 Å². The van der Waals surface area contributed by atoms with Gasteiger partial charge in [-0.3, -0.25) is 0 Å². The number of benzene rings is 3. The summed E-state index contributed by atoms with van der Waals surface area (Å²) < 4.78 is 9.80. The number of hydrogen-bond donors (Lipinski definition) is 0. The molecule has 0 aliphatic carbocycles. The molecule has 0 saturated heterocycles. The van der Waals surface area contributed by atoms with Gasteiger partial charge < -0.3 is 9.47 Å². The summed E-state index contributed by atoms with van der Waals surface area (Å²) in [7, 11) is 2.72. The normalized spacial score (nSPS) is 11.7. The van der Waals surface area contributed by atoms with E-state index in [9.17, 15) is 9.59 Å². The van der Waals surface area contributed by atoms with Crippen LogP contribution in [0.25, 0.3) is 17.2 Å². The third-order valence-electron chi connectivity index (χ3n) is 4.55. The minimum Gasteiger partial charge on any atom is -0.465 e. The highest BCUT2D eigenvalue weighted by Gasteiger charge is 2.14. The van der Waals surface area contributed by atoms with Gasteiger partial charge in [-0.15, -0.1) is 0 Å². The molecular weight excluding hydrogens is 376 g/mol. The van der Waals surface area contributed by atoms with Gasteiger partial charge >= 0.3 is 11.9 Å². The Balaban J connectivity index is 2.13. The van der Waals surface area contributed by atoms with E-state index >= 15 is 0 Å². The molecule has 3 rings (SSSR count). The highest BCUT2D eigenvalue weighted by Crippen LogP contribution is 2.26. The quantitative estimate of drug-likeness (QED) is 0.246. The second kappa shape index (κ2) is 10.0. The molecule has 0 N–H and O–H groups in total. The number of allylic oxidation sites excluding steroid dienone is 2. The van der Waals surface area contributed by atoms with E-state index in [0.717, 1.165) is 22.3 Å². The molecular formula is C26H22O4. The van der Waals surface area contributed by atoms with Gasteiger partial charge in [0.25, 0.3) is 0 Å². The standard InChI is InChI=1S/C26H22O4/c1-29-25(27)22-15-13-20(14-16-22)23(17-19-9-5-3-6-10-19)18-24(26(28)30-2)21-11-7-4-8-12-21/h3-18H,1-2H3/b23-17+,24-18+. The SMILES string of the molecule is COC(=O)/C(=C/C(=C\c1ccccc1)c1ccc(C(=O)OC)cc1)c1ccccc1. The van der Waals surface area contributed by atoms with Gasteiger partial charge in [0.05, 0.1) is 25.4 Å². The highest BCUT2D eigenvalue weighted by atomic mass is 16.5. The zero-order chi connectivity index (χ0) is 21.3. The number of esters is 2. The summed E-state index contributed by atoms with van der Waals surface area (Å²) in [6, 6.07) is 26.2. The first kappa shape index (κ1) is 20.8. The van der Waals surface area contributed by atoms with E-state index in [-0.39, 0.29) is 0 Å². The monoisotopic (exact) mass is 398 g/mol. The smallest absolute Gasteiger partial charge is 0.338 e. The molecule has 0 aromatic heterocycles. The molecule has 0 saturated carbocycles. The average Bonchev–Trinajstić information content (AvgIpc) is 2.82. The molecule has 0 bridgehead atoms. The van der Waals surface area contributed by atoms with Crippen LogP contribution in [0, 0.1) is 0 Å². The number of carbonyl (C=O) groups excluding carboxylic acids is 2. The predicted molar refractivity (Wildman–Crippen MR) is 119 cm³/mol. The zero-order valence-electron chi connectivity index (χ0n) is 16.9. The Labute approximate surface area is 176 Å². The van der Waals surface area contributed by atoms with Crippen LogP contribution < -0.4 is 0 Å². The third kappa shape index (κ3) is 5.11. The fourth-order valence-electron chi connectivity index (χ4n) is 3.00. The van der Waals surface area contributed by atoms with Crippen LogP contribution in [0.5, 0.6) is 0 Å². The lowest BCUT2D eigenvalue weighted by atomic mass is 9.96. The molecule has 0 unspecified atom stereocenters. The number of ether oxygens (including phenoxy) is 2. The molecule has 3 aromatic carbocycles. The molecule has 0 aliphatic rings. The molecule has 4 nitrogen and oxygen atoms in total. The lowest BCUT2D eigenvalue weighted by Crippen LogP contribution is -2.04. The van der Waals surface area contributed by atoms with Crippen LogP contribution in [-0.4, -0.2) is 26.2 Å². The Bertz CT molecular complexity index is 1060. The minimum atomic E-state index is -0.425. The predicted octanol–water partition coefficient (Wildman–Crippen LogP) is 5.27. The van der Waals surface area contributed by atoms with Gasteiger partial charge in [-0.05, 0) is 46.5 Å². The van der Waals surface area contributed by atoms with Crippen molar-refractivity contribution in [3.63, 3.8) is 0 Å². The Kier molecular flexibility index (Phi) is 6.95. The molecule has 30 heavy (non-hydrogen) atoms. The summed E-state index contributed by atoms with van der Waals surface area (Å²) >= 11 is 0. The summed E-state index contributed by atoms with van der Waals surface area (Å²) in [5.41, 5.74) is 4.30. The first-order valence-electron chi connectivity index (χ1n) is 9.43. The molecule has 0 fully saturated rings. The third-order valence-corrected chi connectivity index (χ3v) is 4.55. The van der Waals surface area contributed by atoms with Crippen molar-refractivity contribution >= 4 is 29.2 Å². The lowest BCUT2D eigenvalue weighted by Gasteiger charge is -2.10. The van der Waals surface area contributed by atoms with Gasteiger partial charge in [0.2, 0.25) is 0 Å².